The molecule has 1 aromatic rings. The van der Waals surface area contributed by atoms with Crippen LogP contribution in [0.5, 0.6) is 0 Å². The molecule has 0 saturated heterocycles. The van der Waals surface area contributed by atoms with Crippen molar-refractivity contribution in [3.63, 3.8) is 0 Å². The summed E-state index contributed by atoms with van der Waals surface area (Å²) in [6.07, 6.45) is 0.859. The molecule has 0 saturated carbocycles. The highest BCUT2D eigenvalue weighted by molar-refractivity contribution is 5.85. The van der Waals surface area contributed by atoms with E-state index in [4.69, 9.17) is 15.3 Å². The largest absolute Gasteiger partial charge is 0.464 e. The van der Waals surface area contributed by atoms with Crippen LogP contribution in [0.1, 0.15) is 24.5 Å². The number of rotatable bonds is 3. The molecule has 1 rings (SSSR count). The number of hydrogen-bond donors (Lipinski definition) is 2. The molecule has 0 bridgehead atoms. The summed E-state index contributed by atoms with van der Waals surface area (Å²) in [6.45, 7) is 1.93. The monoisotopic (exact) mass is 191 g/mol. The topological polar surface area (TPSA) is 59.4 Å². The third-order valence-electron chi connectivity index (χ3n) is 1.59. The zero-order chi connectivity index (χ0) is 8.27. The fraction of sp³-hybridized carbons (Fsp3) is 0.500. The van der Waals surface area contributed by atoms with Crippen LogP contribution in [0, 0.1) is 0 Å². The molecule has 3 N–H and O–H groups in total. The van der Waals surface area contributed by atoms with E-state index in [1.165, 1.54) is 0 Å². The number of aryl methyl sites for hydroxylation is 1. The Morgan fingerprint density at radius 1 is 1.58 bits per heavy atom. The third-order valence-corrected chi connectivity index (χ3v) is 1.59. The van der Waals surface area contributed by atoms with Gasteiger partial charge >= 0.3 is 0 Å². The summed E-state index contributed by atoms with van der Waals surface area (Å²) in [6, 6.07) is 3.31. The van der Waals surface area contributed by atoms with Crippen LogP contribution in [0.25, 0.3) is 0 Å². The predicted molar refractivity (Wildman–Crippen MR) is 49.3 cm³/mol. The van der Waals surface area contributed by atoms with Crippen LogP contribution in [-0.2, 0) is 6.42 Å². The first-order valence-corrected chi connectivity index (χ1v) is 3.73. The first-order chi connectivity index (χ1) is 5.27. The van der Waals surface area contributed by atoms with Crippen LogP contribution in [-0.4, -0.2) is 11.7 Å². The molecule has 0 aliphatic heterocycles. The second-order valence-corrected chi connectivity index (χ2v) is 2.45. The summed E-state index contributed by atoms with van der Waals surface area (Å²) in [5.41, 5.74) is 5.52. The van der Waals surface area contributed by atoms with Gasteiger partial charge < -0.3 is 15.3 Å². The minimum atomic E-state index is -0.379. The van der Waals surface area contributed by atoms with Gasteiger partial charge in [0.2, 0.25) is 0 Å². The van der Waals surface area contributed by atoms with Gasteiger partial charge in [-0.2, -0.15) is 0 Å². The van der Waals surface area contributed by atoms with Crippen LogP contribution < -0.4 is 5.73 Å². The fourth-order valence-electron chi connectivity index (χ4n) is 0.874. The first kappa shape index (κ1) is 11.5. The Labute approximate surface area is 78.0 Å². The maximum atomic E-state index is 8.69. The van der Waals surface area contributed by atoms with E-state index in [1.807, 2.05) is 13.0 Å². The second-order valence-electron chi connectivity index (χ2n) is 2.45. The molecule has 1 aromatic heterocycles. The van der Waals surface area contributed by atoms with Crippen molar-refractivity contribution in [3.8, 4) is 0 Å². The molecule has 0 aliphatic rings. The standard InChI is InChI=1S/C8H13NO2.ClH/c1-2-6-3-4-8(11-6)7(9)5-10;/h3-4,7,10H,2,5,9H2,1H3;1H/t7-;/m1./s1. The van der Waals surface area contributed by atoms with Gasteiger partial charge in [-0.05, 0) is 12.1 Å². The summed E-state index contributed by atoms with van der Waals surface area (Å²) in [7, 11) is 0. The third kappa shape index (κ3) is 2.52. The van der Waals surface area contributed by atoms with Crippen molar-refractivity contribution in [2.75, 3.05) is 6.61 Å². The summed E-state index contributed by atoms with van der Waals surface area (Å²) in [5.74, 6) is 1.56. The van der Waals surface area contributed by atoms with Gasteiger partial charge in [0.25, 0.3) is 0 Å². The van der Waals surface area contributed by atoms with E-state index in [2.05, 4.69) is 0 Å². The van der Waals surface area contributed by atoms with E-state index in [9.17, 15) is 0 Å². The van der Waals surface area contributed by atoms with E-state index < -0.39 is 0 Å². The summed E-state index contributed by atoms with van der Waals surface area (Å²) in [5, 5.41) is 8.69. The number of halogens is 1. The normalized spacial score (nSPS) is 12.2. The maximum Gasteiger partial charge on any atom is 0.123 e. The average Bonchev–Trinajstić information content (AvgIpc) is 2.50. The van der Waals surface area contributed by atoms with Crippen LogP contribution in [0.15, 0.2) is 16.5 Å². The Morgan fingerprint density at radius 3 is 2.67 bits per heavy atom. The quantitative estimate of drug-likeness (QED) is 0.756. The summed E-state index contributed by atoms with van der Waals surface area (Å²) >= 11 is 0. The Balaban J connectivity index is 0.00000121. The van der Waals surface area contributed by atoms with Gasteiger partial charge in [0.15, 0.2) is 0 Å². The predicted octanol–water partition coefficient (Wildman–Crippen LogP) is 1.26. The molecule has 1 atom stereocenters. The van der Waals surface area contributed by atoms with Gasteiger partial charge in [0, 0.05) is 6.42 Å². The minimum absolute atomic E-state index is 0. The number of furan rings is 1. The zero-order valence-corrected chi connectivity index (χ0v) is 7.80. The second kappa shape index (κ2) is 5.19. The van der Waals surface area contributed by atoms with Crippen LogP contribution >= 0.6 is 12.4 Å². The van der Waals surface area contributed by atoms with Crippen molar-refractivity contribution in [2.24, 2.45) is 5.73 Å². The molecule has 0 aliphatic carbocycles. The highest BCUT2D eigenvalue weighted by Crippen LogP contribution is 2.14. The Bertz CT molecular complexity index is 225. The van der Waals surface area contributed by atoms with Crippen molar-refractivity contribution in [1.82, 2.24) is 0 Å². The van der Waals surface area contributed by atoms with Gasteiger partial charge in [-0.1, -0.05) is 6.92 Å². The van der Waals surface area contributed by atoms with Crippen LogP contribution in [0.4, 0.5) is 0 Å². The van der Waals surface area contributed by atoms with Crippen molar-refractivity contribution in [2.45, 2.75) is 19.4 Å². The Morgan fingerprint density at radius 2 is 2.25 bits per heavy atom. The lowest BCUT2D eigenvalue weighted by Gasteiger charge is -2.02. The molecule has 70 valence electrons. The van der Waals surface area contributed by atoms with Crippen LogP contribution in [0.3, 0.4) is 0 Å². The minimum Gasteiger partial charge on any atom is -0.464 e. The molecule has 1 heterocycles. The fourth-order valence-corrected chi connectivity index (χ4v) is 0.874. The summed E-state index contributed by atoms with van der Waals surface area (Å²) in [4.78, 5) is 0. The lowest BCUT2D eigenvalue weighted by atomic mass is 10.2. The van der Waals surface area contributed by atoms with Crippen molar-refractivity contribution in [3.05, 3.63) is 23.7 Å². The molecule has 0 amide bonds. The molecule has 0 radical (unpaired) electrons. The zero-order valence-electron chi connectivity index (χ0n) is 6.99. The smallest absolute Gasteiger partial charge is 0.123 e. The molecular formula is C8H14ClNO2. The van der Waals surface area contributed by atoms with Gasteiger partial charge in [0.05, 0.1) is 12.6 Å². The highest BCUT2D eigenvalue weighted by Gasteiger charge is 2.08. The highest BCUT2D eigenvalue weighted by atomic mass is 35.5. The van der Waals surface area contributed by atoms with Crippen molar-refractivity contribution in [1.29, 1.82) is 0 Å². The van der Waals surface area contributed by atoms with Gasteiger partial charge in [0.1, 0.15) is 11.5 Å². The SMILES string of the molecule is CCc1ccc([C@H](N)CO)o1.Cl. The molecule has 0 fully saturated rings. The van der Waals surface area contributed by atoms with Gasteiger partial charge in [-0.25, -0.2) is 0 Å². The number of aliphatic hydroxyl groups excluding tert-OH is 1. The molecule has 0 unspecified atom stereocenters. The number of aliphatic hydroxyl groups is 1. The van der Waals surface area contributed by atoms with Crippen molar-refractivity contribution < 1.29 is 9.52 Å². The molecule has 0 spiro atoms. The molecule has 12 heavy (non-hydrogen) atoms. The van der Waals surface area contributed by atoms with E-state index in [0.717, 1.165) is 12.2 Å². The first-order valence-electron chi connectivity index (χ1n) is 3.73. The molecular weight excluding hydrogens is 178 g/mol. The molecule has 4 heteroatoms. The van der Waals surface area contributed by atoms with Gasteiger partial charge in [-0.15, -0.1) is 12.4 Å². The Kier molecular flexibility index (Phi) is 4.97. The van der Waals surface area contributed by atoms with E-state index in [1.54, 1.807) is 6.07 Å². The Hall–Kier alpha value is -0.510. The van der Waals surface area contributed by atoms with Crippen molar-refractivity contribution >= 4 is 12.4 Å². The lowest BCUT2D eigenvalue weighted by molar-refractivity contribution is 0.250. The van der Waals surface area contributed by atoms with Crippen LogP contribution in [0.2, 0.25) is 0 Å². The number of nitrogens with two attached hydrogens (primary N) is 1. The molecule has 0 aromatic carbocycles. The van der Waals surface area contributed by atoms with Gasteiger partial charge in [-0.3, -0.25) is 0 Å². The van der Waals surface area contributed by atoms with E-state index >= 15 is 0 Å². The van der Waals surface area contributed by atoms with E-state index in [0.29, 0.717) is 5.76 Å². The van der Waals surface area contributed by atoms with E-state index in [-0.39, 0.29) is 25.1 Å². The average molecular weight is 192 g/mol. The summed E-state index contributed by atoms with van der Waals surface area (Å²) < 4.78 is 5.30. The lowest BCUT2D eigenvalue weighted by Crippen LogP contribution is -2.13. The maximum absolute atomic E-state index is 8.69. The molecule has 3 nitrogen and oxygen atoms in total. The number of hydrogen-bond acceptors (Lipinski definition) is 3.